The van der Waals surface area contributed by atoms with Crippen LogP contribution in [-0.2, 0) is 10.2 Å². The molecule has 0 saturated heterocycles. The lowest BCUT2D eigenvalue weighted by molar-refractivity contribution is -0.128. The topological polar surface area (TPSA) is 94.6 Å². The number of benzene rings is 3. The van der Waals surface area contributed by atoms with Crippen molar-refractivity contribution < 1.29 is 19.0 Å². The van der Waals surface area contributed by atoms with Gasteiger partial charge in [0.25, 0.3) is 0 Å². The number of allylic oxidation sites excluding steroid dienone is 1. The Morgan fingerprint density at radius 3 is 2.55 bits per heavy atom. The molecule has 1 aliphatic rings. The highest BCUT2D eigenvalue weighted by molar-refractivity contribution is 5.88. The molecule has 0 saturated carbocycles. The summed E-state index contributed by atoms with van der Waals surface area (Å²) in [6, 6.07) is 22.7. The van der Waals surface area contributed by atoms with Crippen LogP contribution >= 0.6 is 0 Å². The molecule has 0 aromatic heterocycles. The van der Waals surface area contributed by atoms with Crippen LogP contribution in [0.1, 0.15) is 48.9 Å². The van der Waals surface area contributed by atoms with Crippen LogP contribution in [0.4, 0.5) is 0 Å². The second kappa shape index (κ2) is 11.1. The summed E-state index contributed by atoms with van der Waals surface area (Å²) in [5.74, 6) is 0.385. The summed E-state index contributed by atoms with van der Waals surface area (Å²) in [5.41, 5.74) is 10.1. The van der Waals surface area contributed by atoms with Crippen LogP contribution in [0.5, 0.6) is 17.2 Å². The van der Waals surface area contributed by atoms with Crippen molar-refractivity contribution >= 4 is 12.0 Å². The van der Waals surface area contributed by atoms with E-state index < -0.39 is 11.9 Å². The fraction of sp³-hybridized carbons (Fsp3) is 0.188. The minimum absolute atomic E-state index is 0.00416. The van der Waals surface area contributed by atoms with Crippen LogP contribution in [0.25, 0.3) is 6.08 Å². The first-order valence-electron chi connectivity index (χ1n) is 12.2. The molecule has 6 nitrogen and oxygen atoms in total. The standard InChI is InChI=1S/C32H30N2O4/c1-5-17-36-24-8-6-7-22(18-24)30-26-15-14-25(19-28(26)38-31(34)27(30)20-33)37-29(35)16-11-21-9-12-23(13-10-21)32(2,3)4/h5-16,18-19,30H,1,17,34H2,2-4H3/b16-11+. The third kappa shape index (κ3) is 5.96. The molecular formula is C32H30N2O4. The third-order valence-electron chi connectivity index (χ3n) is 6.16. The number of hydrogen-bond acceptors (Lipinski definition) is 6. The number of carbonyl (C=O) groups excluding carboxylic acids is 1. The summed E-state index contributed by atoms with van der Waals surface area (Å²) in [6.07, 6.45) is 4.75. The maximum absolute atomic E-state index is 12.5. The van der Waals surface area contributed by atoms with Crippen LogP contribution in [0.15, 0.2) is 96.9 Å². The van der Waals surface area contributed by atoms with Gasteiger partial charge >= 0.3 is 5.97 Å². The Kier molecular flexibility index (Phi) is 7.68. The monoisotopic (exact) mass is 506 g/mol. The van der Waals surface area contributed by atoms with Gasteiger partial charge in [0.05, 0.1) is 5.92 Å². The maximum atomic E-state index is 12.5. The largest absolute Gasteiger partial charge is 0.490 e. The lowest BCUT2D eigenvalue weighted by Crippen LogP contribution is -2.21. The van der Waals surface area contributed by atoms with E-state index in [2.05, 4.69) is 45.6 Å². The Morgan fingerprint density at radius 1 is 1.11 bits per heavy atom. The first kappa shape index (κ1) is 26.3. The number of nitriles is 1. The highest BCUT2D eigenvalue weighted by atomic mass is 16.5. The van der Waals surface area contributed by atoms with Crippen LogP contribution in [0, 0.1) is 11.3 Å². The van der Waals surface area contributed by atoms with Gasteiger partial charge in [-0.2, -0.15) is 5.26 Å². The predicted molar refractivity (Wildman–Crippen MR) is 148 cm³/mol. The number of fused-ring (bicyclic) bond motifs is 1. The molecule has 2 N–H and O–H groups in total. The second-order valence-electron chi connectivity index (χ2n) is 9.92. The fourth-order valence-corrected chi connectivity index (χ4v) is 4.19. The molecule has 0 amide bonds. The number of ether oxygens (including phenoxy) is 3. The molecule has 0 bridgehead atoms. The SMILES string of the molecule is C=CCOc1cccc(C2C(C#N)=C(N)Oc3cc(OC(=O)/C=C/c4ccc(C(C)(C)C)cc4)ccc32)c1. The number of nitrogens with two attached hydrogens (primary N) is 1. The molecule has 3 aromatic carbocycles. The summed E-state index contributed by atoms with van der Waals surface area (Å²) in [6.45, 7) is 10.5. The van der Waals surface area contributed by atoms with E-state index >= 15 is 0 Å². The Morgan fingerprint density at radius 2 is 1.87 bits per heavy atom. The molecular weight excluding hydrogens is 476 g/mol. The molecule has 3 aromatic rings. The van der Waals surface area contributed by atoms with Gasteiger partial charge in [-0.05, 0) is 46.4 Å². The van der Waals surface area contributed by atoms with E-state index in [4.69, 9.17) is 19.9 Å². The zero-order chi connectivity index (χ0) is 27.3. The molecule has 192 valence electrons. The van der Waals surface area contributed by atoms with E-state index in [1.165, 1.54) is 11.6 Å². The van der Waals surface area contributed by atoms with Crippen LogP contribution in [0.2, 0.25) is 0 Å². The van der Waals surface area contributed by atoms with Crippen molar-refractivity contribution in [1.82, 2.24) is 0 Å². The predicted octanol–water partition coefficient (Wildman–Crippen LogP) is 6.39. The van der Waals surface area contributed by atoms with Crippen molar-refractivity contribution in [2.45, 2.75) is 32.1 Å². The minimum atomic E-state index is -0.523. The Bertz CT molecular complexity index is 1450. The molecule has 38 heavy (non-hydrogen) atoms. The van der Waals surface area contributed by atoms with Crippen molar-refractivity contribution in [3.05, 3.63) is 119 Å². The zero-order valence-electron chi connectivity index (χ0n) is 21.7. The highest BCUT2D eigenvalue weighted by Crippen LogP contribution is 2.44. The van der Waals surface area contributed by atoms with Gasteiger partial charge in [0.1, 0.15) is 35.5 Å². The molecule has 6 heteroatoms. The number of rotatable bonds is 7. The first-order valence-corrected chi connectivity index (χ1v) is 12.2. The quantitative estimate of drug-likeness (QED) is 0.173. The van der Waals surface area contributed by atoms with Gasteiger partial charge in [0.2, 0.25) is 5.88 Å². The number of esters is 1. The molecule has 1 heterocycles. The van der Waals surface area contributed by atoms with Gasteiger partial charge in [0.15, 0.2) is 0 Å². The lowest BCUT2D eigenvalue weighted by Gasteiger charge is -2.27. The van der Waals surface area contributed by atoms with Crippen molar-refractivity contribution in [1.29, 1.82) is 5.26 Å². The fourth-order valence-electron chi connectivity index (χ4n) is 4.19. The van der Waals surface area contributed by atoms with E-state index in [1.54, 1.807) is 30.4 Å². The second-order valence-corrected chi connectivity index (χ2v) is 9.92. The Hall–Kier alpha value is -4.76. The van der Waals surface area contributed by atoms with Gasteiger partial charge in [0, 0.05) is 17.7 Å². The van der Waals surface area contributed by atoms with Gasteiger partial charge in [-0.15, -0.1) is 0 Å². The van der Waals surface area contributed by atoms with Crippen LogP contribution < -0.4 is 19.9 Å². The Labute approximate surface area is 223 Å². The summed E-state index contributed by atoms with van der Waals surface area (Å²) in [5, 5.41) is 9.82. The van der Waals surface area contributed by atoms with Crippen molar-refractivity contribution in [2.75, 3.05) is 6.61 Å². The minimum Gasteiger partial charge on any atom is -0.490 e. The molecule has 4 rings (SSSR count). The number of nitrogens with zero attached hydrogens (tertiary/aromatic N) is 1. The van der Waals surface area contributed by atoms with E-state index in [0.29, 0.717) is 29.4 Å². The molecule has 1 aliphatic heterocycles. The molecule has 0 spiro atoms. The average Bonchev–Trinajstić information content (AvgIpc) is 2.89. The number of hydrogen-bond donors (Lipinski definition) is 1. The van der Waals surface area contributed by atoms with Crippen molar-refractivity contribution in [3.63, 3.8) is 0 Å². The van der Waals surface area contributed by atoms with Gasteiger partial charge in [-0.1, -0.05) is 75.9 Å². The zero-order valence-corrected chi connectivity index (χ0v) is 21.7. The summed E-state index contributed by atoms with van der Waals surface area (Å²) in [7, 11) is 0. The third-order valence-corrected chi connectivity index (χ3v) is 6.16. The molecule has 0 aliphatic carbocycles. The Balaban J connectivity index is 1.55. The van der Waals surface area contributed by atoms with Gasteiger partial charge in [-0.25, -0.2) is 4.79 Å². The molecule has 1 atom stereocenters. The number of carbonyl (C=O) groups is 1. The summed E-state index contributed by atoms with van der Waals surface area (Å²) in [4.78, 5) is 12.5. The van der Waals surface area contributed by atoms with Crippen molar-refractivity contribution in [3.8, 4) is 23.3 Å². The average molecular weight is 507 g/mol. The van der Waals surface area contributed by atoms with E-state index in [9.17, 15) is 10.1 Å². The van der Waals surface area contributed by atoms with E-state index in [1.807, 2.05) is 36.4 Å². The molecule has 0 fully saturated rings. The van der Waals surface area contributed by atoms with Crippen LogP contribution in [0.3, 0.4) is 0 Å². The highest BCUT2D eigenvalue weighted by Gasteiger charge is 2.31. The van der Waals surface area contributed by atoms with E-state index in [0.717, 1.165) is 16.7 Å². The smallest absolute Gasteiger partial charge is 0.336 e. The summed E-state index contributed by atoms with van der Waals surface area (Å²) < 4.78 is 16.9. The summed E-state index contributed by atoms with van der Waals surface area (Å²) >= 11 is 0. The van der Waals surface area contributed by atoms with E-state index in [-0.39, 0.29) is 11.3 Å². The molecule has 0 radical (unpaired) electrons. The van der Waals surface area contributed by atoms with Crippen LogP contribution in [-0.4, -0.2) is 12.6 Å². The van der Waals surface area contributed by atoms with Gasteiger partial charge in [-0.3, -0.25) is 0 Å². The maximum Gasteiger partial charge on any atom is 0.336 e. The molecule has 1 unspecified atom stereocenters. The lowest BCUT2D eigenvalue weighted by atomic mass is 9.83. The van der Waals surface area contributed by atoms with Crippen molar-refractivity contribution in [2.24, 2.45) is 5.73 Å². The normalized spacial score (nSPS) is 14.8. The van der Waals surface area contributed by atoms with Gasteiger partial charge < -0.3 is 19.9 Å². The first-order chi connectivity index (χ1) is 18.2.